The molecule has 0 spiro atoms. The van der Waals surface area contributed by atoms with E-state index in [2.05, 4.69) is 11.4 Å². The summed E-state index contributed by atoms with van der Waals surface area (Å²) in [5.41, 5.74) is 5.01. The van der Waals surface area contributed by atoms with Crippen LogP contribution in [0.3, 0.4) is 0 Å². The molecule has 3 rings (SSSR count). The van der Waals surface area contributed by atoms with Crippen LogP contribution in [0, 0.1) is 20.8 Å². The number of ether oxygens (including phenoxy) is 1. The zero-order chi connectivity index (χ0) is 18.7. The monoisotopic (exact) mass is 385 g/mol. The number of nitrogens with one attached hydrogen (secondary N) is 1. The Morgan fingerprint density at radius 1 is 1.08 bits per heavy atom. The molecule has 1 aromatic heterocycles. The zero-order valence-electron chi connectivity index (χ0n) is 14.9. The van der Waals surface area contributed by atoms with Crippen LogP contribution in [0.2, 0.25) is 5.02 Å². The lowest BCUT2D eigenvalue weighted by Crippen LogP contribution is -2.11. The van der Waals surface area contributed by atoms with Crippen molar-refractivity contribution < 1.29 is 9.53 Å². The molecule has 26 heavy (non-hydrogen) atoms. The van der Waals surface area contributed by atoms with Gasteiger partial charge in [-0.1, -0.05) is 23.7 Å². The normalized spacial score (nSPS) is 10.6. The van der Waals surface area contributed by atoms with E-state index in [1.807, 2.05) is 50.4 Å². The molecule has 134 valence electrons. The Balaban J connectivity index is 1.65. The molecular formula is C21H20ClNO2S. The van der Waals surface area contributed by atoms with Crippen molar-refractivity contribution in [2.24, 2.45) is 0 Å². The Hall–Kier alpha value is -2.30. The maximum Gasteiger partial charge on any atom is 0.265 e. The lowest BCUT2D eigenvalue weighted by atomic mass is 10.1. The van der Waals surface area contributed by atoms with E-state index in [1.54, 1.807) is 12.1 Å². The van der Waals surface area contributed by atoms with Gasteiger partial charge in [0.05, 0.1) is 4.88 Å². The Kier molecular flexibility index (Phi) is 5.64. The lowest BCUT2D eigenvalue weighted by molar-refractivity contribution is 0.103. The Labute approximate surface area is 162 Å². The number of aryl methyl sites for hydroxylation is 3. The van der Waals surface area contributed by atoms with E-state index < -0.39 is 0 Å². The van der Waals surface area contributed by atoms with Gasteiger partial charge in [-0.3, -0.25) is 4.79 Å². The molecule has 0 saturated heterocycles. The highest BCUT2D eigenvalue weighted by molar-refractivity contribution is 7.12. The van der Waals surface area contributed by atoms with E-state index in [0.29, 0.717) is 16.5 Å². The van der Waals surface area contributed by atoms with Crippen LogP contribution in [0.5, 0.6) is 5.75 Å². The minimum atomic E-state index is -0.141. The third-order valence-electron chi connectivity index (χ3n) is 3.93. The molecule has 3 nitrogen and oxygen atoms in total. The summed E-state index contributed by atoms with van der Waals surface area (Å²) in [6.45, 7) is 6.46. The number of anilines is 1. The third-order valence-corrected chi connectivity index (χ3v) is 5.14. The average Bonchev–Trinajstić information content (AvgIpc) is 3.04. The van der Waals surface area contributed by atoms with Crippen LogP contribution >= 0.6 is 22.9 Å². The van der Waals surface area contributed by atoms with Crippen LogP contribution < -0.4 is 10.1 Å². The fraction of sp³-hybridized carbons (Fsp3) is 0.190. The molecule has 1 amide bonds. The molecule has 2 aromatic carbocycles. The van der Waals surface area contributed by atoms with Crippen LogP contribution in [0.15, 0.2) is 47.8 Å². The summed E-state index contributed by atoms with van der Waals surface area (Å²) in [6, 6.07) is 13.4. The summed E-state index contributed by atoms with van der Waals surface area (Å²) in [5, 5.41) is 5.46. The molecule has 0 radical (unpaired) electrons. The summed E-state index contributed by atoms with van der Waals surface area (Å²) in [4.78, 5) is 13.1. The fourth-order valence-corrected chi connectivity index (χ4v) is 3.63. The summed E-state index contributed by atoms with van der Waals surface area (Å²) in [5.74, 6) is 0.701. The van der Waals surface area contributed by atoms with Gasteiger partial charge in [-0.25, -0.2) is 0 Å². The average molecular weight is 386 g/mol. The summed E-state index contributed by atoms with van der Waals surface area (Å²) >= 11 is 7.41. The molecule has 0 fully saturated rings. The number of carbonyl (C=O) groups is 1. The molecule has 0 saturated carbocycles. The topological polar surface area (TPSA) is 38.3 Å². The maximum atomic E-state index is 12.5. The van der Waals surface area contributed by atoms with Gasteiger partial charge in [0.2, 0.25) is 0 Å². The molecule has 0 unspecified atom stereocenters. The number of amides is 1. The molecule has 1 heterocycles. The molecular weight excluding hydrogens is 366 g/mol. The van der Waals surface area contributed by atoms with Crippen molar-refractivity contribution in [2.45, 2.75) is 27.4 Å². The molecule has 0 atom stereocenters. The second-order valence-corrected chi connectivity index (χ2v) is 7.69. The molecule has 0 aliphatic heterocycles. The van der Waals surface area contributed by atoms with Gasteiger partial charge in [0.15, 0.2) is 0 Å². The van der Waals surface area contributed by atoms with Crippen molar-refractivity contribution in [1.82, 2.24) is 0 Å². The van der Waals surface area contributed by atoms with E-state index in [0.717, 1.165) is 22.6 Å². The van der Waals surface area contributed by atoms with E-state index in [1.165, 1.54) is 22.5 Å². The largest absolute Gasteiger partial charge is 0.489 e. The summed E-state index contributed by atoms with van der Waals surface area (Å²) < 4.78 is 5.86. The second kappa shape index (κ2) is 7.94. The van der Waals surface area contributed by atoms with Gasteiger partial charge >= 0.3 is 0 Å². The van der Waals surface area contributed by atoms with Gasteiger partial charge in [-0.2, -0.15) is 0 Å². The van der Waals surface area contributed by atoms with Gasteiger partial charge in [0.1, 0.15) is 12.4 Å². The highest BCUT2D eigenvalue weighted by Gasteiger charge is 2.11. The highest BCUT2D eigenvalue weighted by atomic mass is 35.5. The van der Waals surface area contributed by atoms with E-state index in [4.69, 9.17) is 16.3 Å². The van der Waals surface area contributed by atoms with Crippen molar-refractivity contribution in [3.8, 4) is 5.75 Å². The molecule has 5 heteroatoms. The van der Waals surface area contributed by atoms with Crippen molar-refractivity contribution in [3.63, 3.8) is 0 Å². The van der Waals surface area contributed by atoms with Crippen molar-refractivity contribution in [1.29, 1.82) is 0 Å². The third kappa shape index (κ3) is 4.65. The Bertz CT molecular complexity index is 929. The van der Waals surface area contributed by atoms with Gasteiger partial charge in [0.25, 0.3) is 5.91 Å². The minimum absolute atomic E-state index is 0.141. The number of halogens is 1. The summed E-state index contributed by atoms with van der Waals surface area (Å²) in [7, 11) is 0. The van der Waals surface area contributed by atoms with Gasteiger partial charge in [-0.05, 0) is 73.2 Å². The van der Waals surface area contributed by atoms with E-state index in [-0.39, 0.29) is 5.91 Å². The van der Waals surface area contributed by atoms with Crippen LogP contribution in [0.25, 0.3) is 0 Å². The fourth-order valence-electron chi connectivity index (χ4n) is 2.67. The standard InChI is InChI=1S/C21H20ClNO2S/c1-13-6-14(2)8-18(7-13)25-11-16-9-20(26-12-16)21(24)23-19-10-17(22)5-4-15(19)3/h4-10,12H,11H2,1-3H3,(H,23,24). The van der Waals surface area contributed by atoms with Gasteiger partial charge in [-0.15, -0.1) is 11.3 Å². The number of carbonyl (C=O) groups excluding carboxylic acids is 1. The number of rotatable bonds is 5. The van der Waals surface area contributed by atoms with E-state index >= 15 is 0 Å². The van der Waals surface area contributed by atoms with Crippen LogP contribution in [0.4, 0.5) is 5.69 Å². The first-order valence-electron chi connectivity index (χ1n) is 8.27. The second-order valence-electron chi connectivity index (χ2n) is 6.34. The van der Waals surface area contributed by atoms with Gasteiger partial charge in [0, 0.05) is 16.3 Å². The Morgan fingerprint density at radius 2 is 1.81 bits per heavy atom. The number of hydrogen-bond acceptors (Lipinski definition) is 3. The zero-order valence-corrected chi connectivity index (χ0v) is 16.5. The first-order valence-corrected chi connectivity index (χ1v) is 9.52. The first kappa shape index (κ1) is 18.5. The molecule has 3 aromatic rings. The smallest absolute Gasteiger partial charge is 0.265 e. The van der Waals surface area contributed by atoms with Crippen molar-refractivity contribution >= 4 is 34.5 Å². The van der Waals surface area contributed by atoms with E-state index in [9.17, 15) is 4.79 Å². The molecule has 0 bridgehead atoms. The number of benzene rings is 2. The van der Waals surface area contributed by atoms with Crippen molar-refractivity contribution in [2.75, 3.05) is 5.32 Å². The van der Waals surface area contributed by atoms with Gasteiger partial charge < -0.3 is 10.1 Å². The quantitative estimate of drug-likeness (QED) is 0.571. The Morgan fingerprint density at radius 3 is 2.54 bits per heavy atom. The minimum Gasteiger partial charge on any atom is -0.489 e. The summed E-state index contributed by atoms with van der Waals surface area (Å²) in [6.07, 6.45) is 0. The molecule has 0 aliphatic carbocycles. The highest BCUT2D eigenvalue weighted by Crippen LogP contribution is 2.23. The molecule has 0 aliphatic rings. The maximum absolute atomic E-state index is 12.5. The number of thiophene rings is 1. The lowest BCUT2D eigenvalue weighted by Gasteiger charge is -2.08. The van der Waals surface area contributed by atoms with Crippen LogP contribution in [0.1, 0.15) is 31.9 Å². The first-order chi connectivity index (χ1) is 12.4. The molecule has 1 N–H and O–H groups in total. The van der Waals surface area contributed by atoms with Crippen molar-refractivity contribution in [3.05, 3.63) is 80.0 Å². The number of hydrogen-bond donors (Lipinski definition) is 1. The van der Waals surface area contributed by atoms with Crippen LogP contribution in [-0.4, -0.2) is 5.91 Å². The SMILES string of the molecule is Cc1cc(C)cc(OCc2csc(C(=O)Nc3cc(Cl)ccc3C)c2)c1. The predicted octanol–water partition coefficient (Wildman–Crippen LogP) is 6.16. The van der Waals surface area contributed by atoms with Crippen LogP contribution in [-0.2, 0) is 6.61 Å². The predicted molar refractivity (Wildman–Crippen MR) is 109 cm³/mol.